The Hall–Kier alpha value is -1.32. The number of hydrogen-bond acceptors (Lipinski definition) is 4. The smallest absolute Gasteiger partial charge is 0.224 e. The van der Waals surface area contributed by atoms with E-state index in [9.17, 15) is 0 Å². The highest BCUT2D eigenvalue weighted by molar-refractivity contribution is 5.40. The fourth-order valence-electron chi connectivity index (χ4n) is 1.51. The summed E-state index contributed by atoms with van der Waals surface area (Å²) in [6.07, 6.45) is 4.46. The van der Waals surface area contributed by atoms with Crippen molar-refractivity contribution in [2.75, 3.05) is 17.7 Å². The van der Waals surface area contributed by atoms with Gasteiger partial charge in [-0.3, -0.25) is 0 Å². The lowest BCUT2D eigenvalue weighted by Gasteiger charge is -2.13. The maximum atomic E-state index is 4.31. The molecule has 14 heavy (non-hydrogen) atoms. The van der Waals surface area contributed by atoms with Gasteiger partial charge in [-0.2, -0.15) is 4.98 Å². The second-order valence-corrected chi connectivity index (χ2v) is 3.79. The lowest BCUT2D eigenvalue weighted by atomic mass is 10.2. The van der Waals surface area contributed by atoms with Gasteiger partial charge >= 0.3 is 0 Å². The summed E-state index contributed by atoms with van der Waals surface area (Å²) in [4.78, 5) is 8.37. The van der Waals surface area contributed by atoms with Crippen LogP contribution in [0.25, 0.3) is 0 Å². The average Bonchev–Trinajstić information content (AvgIpc) is 3.01. The number of rotatable bonds is 4. The third kappa shape index (κ3) is 2.13. The van der Waals surface area contributed by atoms with Crippen molar-refractivity contribution in [1.29, 1.82) is 0 Å². The van der Waals surface area contributed by atoms with Gasteiger partial charge < -0.3 is 10.6 Å². The molecule has 0 saturated heterocycles. The predicted octanol–water partition coefficient (Wildman–Crippen LogP) is 1.73. The van der Waals surface area contributed by atoms with Crippen molar-refractivity contribution in [2.24, 2.45) is 5.92 Å². The molecular weight excluding hydrogens is 176 g/mol. The molecule has 76 valence electrons. The van der Waals surface area contributed by atoms with Crippen molar-refractivity contribution < 1.29 is 0 Å². The Kier molecular flexibility index (Phi) is 2.52. The molecule has 2 N–H and O–H groups in total. The highest BCUT2D eigenvalue weighted by Crippen LogP contribution is 2.33. The number of anilines is 2. The Morgan fingerprint density at radius 3 is 2.93 bits per heavy atom. The standard InChI is InChI=1S/C10H16N4/c1-7(8-3-4-8)13-9-5-6-12-10(11-2)14-9/h5-8H,3-4H2,1-2H3,(H2,11,12,13,14). The second kappa shape index (κ2) is 3.82. The first-order chi connectivity index (χ1) is 6.79. The van der Waals surface area contributed by atoms with Crippen molar-refractivity contribution in [3.05, 3.63) is 12.3 Å². The van der Waals surface area contributed by atoms with Crippen LogP contribution < -0.4 is 10.6 Å². The number of hydrogen-bond donors (Lipinski definition) is 2. The summed E-state index contributed by atoms with van der Waals surface area (Å²) in [6, 6.07) is 2.43. The van der Waals surface area contributed by atoms with Gasteiger partial charge in [-0.1, -0.05) is 0 Å². The first-order valence-corrected chi connectivity index (χ1v) is 5.07. The predicted molar refractivity (Wildman–Crippen MR) is 57.4 cm³/mol. The molecule has 2 rings (SSSR count). The lowest BCUT2D eigenvalue weighted by molar-refractivity contribution is 0.690. The van der Waals surface area contributed by atoms with Crippen LogP contribution in [0.4, 0.5) is 11.8 Å². The van der Waals surface area contributed by atoms with Gasteiger partial charge in [0.1, 0.15) is 5.82 Å². The fraction of sp³-hybridized carbons (Fsp3) is 0.600. The minimum Gasteiger partial charge on any atom is -0.367 e. The molecule has 1 aliphatic rings. The molecule has 4 nitrogen and oxygen atoms in total. The van der Waals surface area contributed by atoms with Crippen LogP contribution in [0, 0.1) is 5.92 Å². The van der Waals surface area contributed by atoms with Crippen LogP contribution in [0.15, 0.2) is 12.3 Å². The highest BCUT2D eigenvalue weighted by atomic mass is 15.1. The third-order valence-corrected chi connectivity index (χ3v) is 2.58. The fourth-order valence-corrected chi connectivity index (χ4v) is 1.51. The second-order valence-electron chi connectivity index (χ2n) is 3.79. The van der Waals surface area contributed by atoms with Crippen molar-refractivity contribution in [1.82, 2.24) is 9.97 Å². The molecule has 0 aliphatic heterocycles. The molecule has 1 fully saturated rings. The lowest BCUT2D eigenvalue weighted by Crippen LogP contribution is -2.18. The van der Waals surface area contributed by atoms with Gasteiger partial charge in [0.05, 0.1) is 0 Å². The van der Waals surface area contributed by atoms with Crippen LogP contribution in [-0.2, 0) is 0 Å². The summed E-state index contributed by atoms with van der Waals surface area (Å²) >= 11 is 0. The zero-order valence-electron chi connectivity index (χ0n) is 8.62. The number of nitrogens with zero attached hydrogens (tertiary/aromatic N) is 2. The van der Waals surface area contributed by atoms with E-state index < -0.39 is 0 Å². The summed E-state index contributed by atoms with van der Waals surface area (Å²) in [5.41, 5.74) is 0. The van der Waals surface area contributed by atoms with Gasteiger partial charge in [-0.05, 0) is 31.7 Å². The van der Waals surface area contributed by atoms with Crippen LogP contribution in [-0.4, -0.2) is 23.1 Å². The zero-order valence-corrected chi connectivity index (χ0v) is 8.62. The quantitative estimate of drug-likeness (QED) is 0.762. The number of nitrogens with one attached hydrogen (secondary N) is 2. The molecule has 0 radical (unpaired) electrons. The summed E-state index contributed by atoms with van der Waals surface area (Å²) in [5.74, 6) is 2.41. The highest BCUT2D eigenvalue weighted by Gasteiger charge is 2.27. The first-order valence-electron chi connectivity index (χ1n) is 5.07. The Bertz CT molecular complexity index is 309. The molecule has 4 heteroatoms. The van der Waals surface area contributed by atoms with E-state index in [4.69, 9.17) is 0 Å². The third-order valence-electron chi connectivity index (χ3n) is 2.58. The first kappa shape index (κ1) is 9.24. The molecule has 1 atom stereocenters. The molecule has 1 aromatic heterocycles. The van der Waals surface area contributed by atoms with E-state index >= 15 is 0 Å². The van der Waals surface area contributed by atoms with E-state index in [-0.39, 0.29) is 0 Å². The molecular formula is C10H16N4. The Balaban J connectivity index is 2.00. The Morgan fingerprint density at radius 1 is 1.50 bits per heavy atom. The minimum absolute atomic E-state index is 0.523. The van der Waals surface area contributed by atoms with Gasteiger partial charge in [0, 0.05) is 19.3 Å². The van der Waals surface area contributed by atoms with E-state index in [2.05, 4.69) is 27.5 Å². The summed E-state index contributed by atoms with van der Waals surface area (Å²) in [7, 11) is 1.82. The minimum atomic E-state index is 0.523. The average molecular weight is 192 g/mol. The van der Waals surface area contributed by atoms with Gasteiger partial charge in [-0.15, -0.1) is 0 Å². The van der Waals surface area contributed by atoms with Crippen molar-refractivity contribution in [3.63, 3.8) is 0 Å². The molecule has 1 aromatic rings. The van der Waals surface area contributed by atoms with Crippen molar-refractivity contribution in [2.45, 2.75) is 25.8 Å². The largest absolute Gasteiger partial charge is 0.367 e. The molecule has 1 saturated carbocycles. The van der Waals surface area contributed by atoms with E-state index in [1.807, 2.05) is 13.1 Å². The van der Waals surface area contributed by atoms with Crippen LogP contribution >= 0.6 is 0 Å². The normalized spacial score (nSPS) is 17.6. The molecule has 0 spiro atoms. The summed E-state index contributed by atoms with van der Waals surface area (Å²) in [5, 5.41) is 6.31. The number of aromatic nitrogens is 2. The Morgan fingerprint density at radius 2 is 2.29 bits per heavy atom. The van der Waals surface area contributed by atoms with Gasteiger partial charge in [0.2, 0.25) is 5.95 Å². The maximum absolute atomic E-state index is 4.31. The van der Waals surface area contributed by atoms with Crippen molar-refractivity contribution in [3.8, 4) is 0 Å². The summed E-state index contributed by atoms with van der Waals surface area (Å²) < 4.78 is 0. The van der Waals surface area contributed by atoms with Crippen LogP contribution in [0.3, 0.4) is 0 Å². The SMILES string of the molecule is CNc1nccc(NC(C)C2CC2)n1. The van der Waals surface area contributed by atoms with Crippen LogP contribution in [0.2, 0.25) is 0 Å². The molecule has 0 bridgehead atoms. The Labute approximate surface area is 84.2 Å². The van der Waals surface area contributed by atoms with Crippen molar-refractivity contribution >= 4 is 11.8 Å². The van der Waals surface area contributed by atoms with Gasteiger partial charge in [0.15, 0.2) is 0 Å². The maximum Gasteiger partial charge on any atom is 0.224 e. The summed E-state index contributed by atoms with van der Waals surface area (Å²) in [6.45, 7) is 2.21. The van der Waals surface area contributed by atoms with E-state index in [0.29, 0.717) is 12.0 Å². The molecule has 1 aliphatic carbocycles. The van der Waals surface area contributed by atoms with Gasteiger partial charge in [0.25, 0.3) is 0 Å². The van der Waals surface area contributed by atoms with Crippen LogP contribution in [0.5, 0.6) is 0 Å². The molecule has 0 aromatic carbocycles. The van der Waals surface area contributed by atoms with Crippen LogP contribution in [0.1, 0.15) is 19.8 Å². The topological polar surface area (TPSA) is 49.8 Å². The molecule has 1 heterocycles. The van der Waals surface area contributed by atoms with E-state index in [1.165, 1.54) is 12.8 Å². The van der Waals surface area contributed by atoms with Gasteiger partial charge in [-0.25, -0.2) is 4.98 Å². The molecule has 0 amide bonds. The zero-order chi connectivity index (χ0) is 9.97. The van der Waals surface area contributed by atoms with E-state index in [0.717, 1.165) is 11.7 Å². The molecule has 1 unspecified atom stereocenters. The van der Waals surface area contributed by atoms with E-state index in [1.54, 1.807) is 6.20 Å². The monoisotopic (exact) mass is 192 g/mol.